The van der Waals surface area contributed by atoms with Crippen molar-refractivity contribution in [1.29, 1.82) is 0 Å². The summed E-state index contributed by atoms with van der Waals surface area (Å²) in [5.74, 6) is 0. The van der Waals surface area contributed by atoms with Crippen LogP contribution in [0.15, 0.2) is 0 Å². The third kappa shape index (κ3) is 13.5. The van der Waals surface area contributed by atoms with E-state index in [1.807, 2.05) is 39.3 Å². The Hall–Kier alpha value is 1.03. The van der Waals surface area contributed by atoms with Gasteiger partial charge in [-0.2, -0.15) is 0 Å². The lowest BCUT2D eigenvalue weighted by Crippen LogP contribution is -2.49. The fraction of sp³-hybridized carbons (Fsp3) is 1.00. The summed E-state index contributed by atoms with van der Waals surface area (Å²) in [6, 6.07) is 0. The first-order valence-electron chi connectivity index (χ1n) is 12.1. The lowest BCUT2D eigenvalue weighted by atomic mass is 10.1. The van der Waals surface area contributed by atoms with Crippen LogP contribution in [0, 0.1) is 0 Å². The van der Waals surface area contributed by atoms with E-state index in [0.717, 1.165) is 0 Å². The number of phosphoric acid groups is 1. The monoisotopic (exact) mass is 590 g/mol. The Kier molecular flexibility index (Phi) is 11.1. The molecule has 0 aromatic rings. The molecule has 0 aromatic carbocycles. The molecule has 1 saturated heterocycles. The number of rotatable bonds is 13. The molecule has 204 valence electrons. The molecule has 8 nitrogen and oxygen atoms in total. The van der Waals surface area contributed by atoms with Crippen LogP contribution in [-0.4, -0.2) is 72.8 Å². The predicted molar refractivity (Wildman–Crippen MR) is 152 cm³/mol. The molecule has 0 spiro atoms. The van der Waals surface area contributed by atoms with E-state index < -0.39 is 74.0 Å². The maximum absolute atomic E-state index is 13.9. The van der Waals surface area contributed by atoms with Gasteiger partial charge in [-0.3, -0.25) is 4.52 Å². The largest absolute Gasteiger partial charge is 0.457 e. The van der Waals surface area contributed by atoms with Crippen molar-refractivity contribution in [3.63, 3.8) is 0 Å². The summed E-state index contributed by atoms with van der Waals surface area (Å²) in [6.07, 6.45) is -2.30. The second kappa shape index (κ2) is 11.4. The second-order valence-corrected chi connectivity index (χ2v) is 38.3. The first kappa shape index (κ1) is 33.1. The Bertz CT molecular complexity index is 686. The van der Waals surface area contributed by atoms with E-state index >= 15 is 0 Å². The zero-order chi connectivity index (χ0) is 27.0. The van der Waals surface area contributed by atoms with Crippen molar-refractivity contribution in [3.05, 3.63) is 0 Å². The minimum atomic E-state index is -3.91. The molecule has 14 heteroatoms. The van der Waals surface area contributed by atoms with Crippen molar-refractivity contribution in [2.24, 2.45) is 0 Å². The summed E-state index contributed by atoms with van der Waals surface area (Å²) in [5.41, 5.74) is 0. The van der Waals surface area contributed by atoms with Crippen molar-refractivity contribution in [2.45, 2.75) is 123 Å². The predicted octanol–water partition coefficient (Wildman–Crippen LogP) is 6.83. The van der Waals surface area contributed by atoms with Crippen molar-refractivity contribution in [1.82, 2.24) is 0 Å². The quantitative estimate of drug-likeness (QED) is 0.171. The zero-order valence-corrected chi connectivity index (χ0v) is 30.1. The highest BCUT2D eigenvalue weighted by Gasteiger charge is 2.53. The molecule has 0 N–H and O–H groups in total. The van der Waals surface area contributed by atoms with Gasteiger partial charge >= 0.3 is 7.82 Å². The van der Waals surface area contributed by atoms with Gasteiger partial charge in [-0.15, -0.1) is 0 Å². The molecule has 1 rings (SSSR count). The first-order chi connectivity index (χ1) is 14.8. The summed E-state index contributed by atoms with van der Waals surface area (Å²) < 4.78 is 57.9. The SMILES string of the molecule is C[Si](C)(C)OCC1OC(OP(=O)(O[Si](C)(C)C)O[Si](C)(C)C)C(O[Si](C)(C)C)C1O[Si](C)(C)C. The van der Waals surface area contributed by atoms with E-state index in [0.29, 0.717) is 6.61 Å². The molecule has 4 unspecified atom stereocenters. The van der Waals surface area contributed by atoms with Crippen LogP contribution in [0.1, 0.15) is 0 Å². The van der Waals surface area contributed by atoms with E-state index in [1.165, 1.54) is 0 Å². The Morgan fingerprint density at radius 2 is 1.03 bits per heavy atom. The summed E-state index contributed by atoms with van der Waals surface area (Å²) in [4.78, 5) is 0. The Balaban J connectivity index is 3.40. The third-order valence-corrected chi connectivity index (χ3v) is 13.6. The highest BCUT2D eigenvalue weighted by atomic mass is 31.2. The smallest absolute Gasteiger partial charge is 0.415 e. The molecule has 0 saturated carbocycles. The third-order valence-electron chi connectivity index (χ3n) is 3.93. The molecule has 0 aliphatic carbocycles. The zero-order valence-electron chi connectivity index (χ0n) is 24.2. The van der Waals surface area contributed by atoms with Gasteiger partial charge in [-0.1, -0.05) is 0 Å². The van der Waals surface area contributed by atoms with Gasteiger partial charge in [-0.05, 0) is 98.2 Å². The lowest BCUT2D eigenvalue weighted by Gasteiger charge is -2.35. The van der Waals surface area contributed by atoms with Crippen molar-refractivity contribution in [2.75, 3.05) is 6.61 Å². The van der Waals surface area contributed by atoms with Crippen LogP contribution in [0.3, 0.4) is 0 Å². The molecular weight excluding hydrogens is 540 g/mol. The van der Waals surface area contributed by atoms with Gasteiger partial charge in [0, 0.05) is 0 Å². The minimum absolute atomic E-state index is 0.365. The molecule has 1 heterocycles. The molecule has 1 fully saturated rings. The number of ether oxygens (including phenoxy) is 1. The van der Waals surface area contributed by atoms with Crippen LogP contribution in [-0.2, 0) is 35.5 Å². The van der Waals surface area contributed by atoms with E-state index in [9.17, 15) is 4.57 Å². The average Bonchev–Trinajstić information content (AvgIpc) is 2.74. The standard InChI is InChI=1S/C20H51O8PSi5/c1-30(2,3)22-16-17-18(25-31(4,5)6)19(26-32(7,8)9)20(23-17)24-29(21,27-33(10,11)12)28-34(13,14)15/h17-20H,16H2,1-15H3. The molecule has 0 aromatic heterocycles. The van der Waals surface area contributed by atoms with Crippen LogP contribution in [0.25, 0.3) is 0 Å². The van der Waals surface area contributed by atoms with Crippen LogP contribution in [0.5, 0.6) is 0 Å². The molecule has 4 atom stereocenters. The number of hydrogen-bond acceptors (Lipinski definition) is 8. The summed E-state index contributed by atoms with van der Waals surface area (Å²) in [6.45, 7) is 31.3. The van der Waals surface area contributed by atoms with Crippen LogP contribution >= 0.6 is 7.82 Å². The van der Waals surface area contributed by atoms with Gasteiger partial charge < -0.3 is 26.4 Å². The summed E-state index contributed by atoms with van der Waals surface area (Å²) >= 11 is 0. The van der Waals surface area contributed by atoms with Crippen LogP contribution < -0.4 is 0 Å². The van der Waals surface area contributed by atoms with Gasteiger partial charge in [0.25, 0.3) is 0 Å². The fourth-order valence-electron chi connectivity index (χ4n) is 3.19. The first-order valence-corrected chi connectivity index (χ1v) is 30.6. The fourth-order valence-corrected chi connectivity index (χ4v) is 12.6. The second-order valence-electron chi connectivity index (χ2n) is 13.8. The highest BCUT2D eigenvalue weighted by Crippen LogP contribution is 2.56. The molecule has 0 radical (unpaired) electrons. The van der Waals surface area contributed by atoms with Gasteiger partial charge in [0.15, 0.2) is 47.9 Å². The van der Waals surface area contributed by atoms with Gasteiger partial charge in [0.05, 0.1) is 6.61 Å². The molecule has 0 amide bonds. The minimum Gasteiger partial charge on any atom is -0.415 e. The van der Waals surface area contributed by atoms with E-state index in [1.54, 1.807) is 0 Å². The van der Waals surface area contributed by atoms with Gasteiger partial charge in [0.2, 0.25) is 0 Å². The van der Waals surface area contributed by atoms with E-state index in [2.05, 4.69) is 58.9 Å². The Labute approximate surface area is 214 Å². The van der Waals surface area contributed by atoms with Crippen molar-refractivity contribution in [3.8, 4) is 0 Å². The molecular formula is C20H51O8PSi5. The summed E-state index contributed by atoms with van der Waals surface area (Å²) in [7, 11) is -14.3. The van der Waals surface area contributed by atoms with Crippen LogP contribution in [0.2, 0.25) is 98.2 Å². The van der Waals surface area contributed by atoms with E-state index in [4.69, 9.17) is 31.0 Å². The number of hydrogen-bond donors (Lipinski definition) is 0. The van der Waals surface area contributed by atoms with Gasteiger partial charge in [-0.25, -0.2) is 4.57 Å². The Morgan fingerprint density at radius 3 is 1.38 bits per heavy atom. The summed E-state index contributed by atoms with van der Waals surface area (Å²) in [5, 5.41) is 0. The topological polar surface area (TPSA) is 81.7 Å². The maximum atomic E-state index is 13.9. The molecule has 0 bridgehead atoms. The highest BCUT2D eigenvalue weighted by molar-refractivity contribution is 7.52. The van der Waals surface area contributed by atoms with Crippen molar-refractivity contribution < 1.29 is 35.5 Å². The average molecular weight is 591 g/mol. The van der Waals surface area contributed by atoms with Crippen molar-refractivity contribution >= 4 is 49.4 Å². The van der Waals surface area contributed by atoms with E-state index in [-0.39, 0.29) is 0 Å². The normalized spacial score (nSPS) is 25.7. The van der Waals surface area contributed by atoms with Gasteiger partial charge in [0.1, 0.15) is 18.3 Å². The Morgan fingerprint density at radius 1 is 0.618 bits per heavy atom. The maximum Gasteiger partial charge on any atom is 0.457 e. The molecule has 1 aliphatic rings. The van der Waals surface area contributed by atoms with Crippen LogP contribution in [0.4, 0.5) is 0 Å². The lowest BCUT2D eigenvalue weighted by molar-refractivity contribution is -0.120. The molecule has 34 heavy (non-hydrogen) atoms. The molecule has 1 aliphatic heterocycles.